The molecule has 3 aromatic rings. The Kier molecular flexibility index (Phi) is 7.12. The Morgan fingerprint density at radius 1 is 0.750 bits per heavy atom. The molecular formula is C22H24NO4P. The minimum atomic E-state index is -3.85. The van der Waals surface area contributed by atoms with Gasteiger partial charge in [0.05, 0.1) is 6.61 Å². The van der Waals surface area contributed by atoms with E-state index in [4.69, 9.17) is 13.6 Å². The molecule has 5 nitrogen and oxygen atoms in total. The van der Waals surface area contributed by atoms with Gasteiger partial charge in [-0.25, -0.2) is 4.57 Å². The molecule has 146 valence electrons. The van der Waals surface area contributed by atoms with Crippen LogP contribution >= 0.6 is 7.82 Å². The van der Waals surface area contributed by atoms with Crippen LogP contribution in [0, 0.1) is 0 Å². The summed E-state index contributed by atoms with van der Waals surface area (Å²) in [6.45, 7) is 3.62. The van der Waals surface area contributed by atoms with Gasteiger partial charge in [0, 0.05) is 18.8 Å². The van der Waals surface area contributed by atoms with Crippen molar-refractivity contribution in [3.05, 3.63) is 91.0 Å². The van der Waals surface area contributed by atoms with Gasteiger partial charge in [0.25, 0.3) is 0 Å². The zero-order chi connectivity index (χ0) is 19.7. The number of benzene rings is 3. The van der Waals surface area contributed by atoms with Crippen LogP contribution in [-0.4, -0.2) is 19.7 Å². The predicted molar refractivity (Wildman–Crippen MR) is 112 cm³/mol. The highest BCUT2D eigenvalue weighted by atomic mass is 31.2. The van der Waals surface area contributed by atoms with Gasteiger partial charge < -0.3 is 13.9 Å². The number of likely N-dealkylation sites (N-methyl/N-ethyl adjacent to an activating group) is 1. The lowest BCUT2D eigenvalue weighted by molar-refractivity contribution is 0.213. The molecule has 0 aromatic heterocycles. The van der Waals surface area contributed by atoms with Crippen molar-refractivity contribution in [2.45, 2.75) is 6.92 Å². The summed E-state index contributed by atoms with van der Waals surface area (Å²) in [7, 11) is -3.85. The molecule has 28 heavy (non-hydrogen) atoms. The molecule has 3 rings (SSSR count). The Balaban J connectivity index is 1.69. The smallest absolute Gasteiger partial charge is 0.395 e. The van der Waals surface area contributed by atoms with Gasteiger partial charge in [-0.3, -0.25) is 4.52 Å². The summed E-state index contributed by atoms with van der Waals surface area (Å²) in [5, 5.41) is 0. The fourth-order valence-corrected chi connectivity index (χ4v) is 3.87. The van der Waals surface area contributed by atoms with E-state index in [0.29, 0.717) is 18.0 Å². The van der Waals surface area contributed by atoms with Crippen molar-refractivity contribution < 1.29 is 18.1 Å². The van der Waals surface area contributed by atoms with Crippen LogP contribution in [0.25, 0.3) is 0 Å². The highest BCUT2D eigenvalue weighted by molar-refractivity contribution is 7.49. The van der Waals surface area contributed by atoms with Gasteiger partial charge in [0.15, 0.2) is 0 Å². The summed E-state index contributed by atoms with van der Waals surface area (Å²) in [6, 6.07) is 27.8. The molecule has 0 amide bonds. The molecule has 0 fully saturated rings. The van der Waals surface area contributed by atoms with E-state index in [1.54, 1.807) is 48.5 Å². The second-order valence-corrected chi connectivity index (χ2v) is 7.52. The van der Waals surface area contributed by atoms with Gasteiger partial charge in [0.2, 0.25) is 0 Å². The first-order valence-electron chi connectivity index (χ1n) is 9.22. The Morgan fingerprint density at radius 3 is 1.68 bits per heavy atom. The average molecular weight is 397 g/mol. The van der Waals surface area contributed by atoms with Gasteiger partial charge in [-0.15, -0.1) is 0 Å². The van der Waals surface area contributed by atoms with Gasteiger partial charge in [-0.1, -0.05) is 54.6 Å². The van der Waals surface area contributed by atoms with Crippen LogP contribution in [0.5, 0.6) is 11.5 Å². The summed E-state index contributed by atoms with van der Waals surface area (Å²) in [5.74, 6) is 0.856. The summed E-state index contributed by atoms with van der Waals surface area (Å²) in [4.78, 5) is 2.13. The SMILES string of the molecule is CCN(CCOP(=O)(Oc1ccccc1)Oc1ccccc1)c1ccccc1. The van der Waals surface area contributed by atoms with Gasteiger partial charge in [-0.05, 0) is 43.3 Å². The maximum atomic E-state index is 13.3. The van der Waals surface area contributed by atoms with Crippen molar-refractivity contribution in [3.63, 3.8) is 0 Å². The highest BCUT2D eigenvalue weighted by Crippen LogP contribution is 2.49. The molecule has 0 aliphatic heterocycles. The zero-order valence-electron chi connectivity index (χ0n) is 15.8. The molecular weight excluding hydrogens is 373 g/mol. The first-order chi connectivity index (χ1) is 13.7. The second kappa shape index (κ2) is 9.98. The lowest BCUT2D eigenvalue weighted by Gasteiger charge is -2.24. The molecule has 0 spiro atoms. The van der Waals surface area contributed by atoms with Crippen molar-refractivity contribution in [2.75, 3.05) is 24.6 Å². The molecule has 0 bridgehead atoms. The van der Waals surface area contributed by atoms with E-state index in [1.165, 1.54) is 0 Å². The van der Waals surface area contributed by atoms with Crippen LogP contribution in [0.3, 0.4) is 0 Å². The van der Waals surface area contributed by atoms with E-state index < -0.39 is 7.82 Å². The molecule has 0 unspecified atom stereocenters. The molecule has 0 N–H and O–H groups in total. The monoisotopic (exact) mass is 397 g/mol. The maximum Gasteiger partial charge on any atom is 0.587 e. The maximum absolute atomic E-state index is 13.3. The predicted octanol–water partition coefficient (Wildman–Crippen LogP) is 5.80. The van der Waals surface area contributed by atoms with Gasteiger partial charge in [-0.2, -0.15) is 0 Å². The van der Waals surface area contributed by atoms with E-state index in [2.05, 4.69) is 11.8 Å². The lowest BCUT2D eigenvalue weighted by Crippen LogP contribution is -2.27. The zero-order valence-corrected chi connectivity index (χ0v) is 16.7. The fourth-order valence-electron chi connectivity index (χ4n) is 2.66. The van der Waals surface area contributed by atoms with E-state index in [0.717, 1.165) is 12.2 Å². The molecule has 3 aromatic carbocycles. The average Bonchev–Trinajstić information content (AvgIpc) is 2.73. The summed E-state index contributed by atoms with van der Waals surface area (Å²) < 4.78 is 30.2. The van der Waals surface area contributed by atoms with E-state index >= 15 is 0 Å². The number of hydrogen-bond acceptors (Lipinski definition) is 5. The topological polar surface area (TPSA) is 48.0 Å². The largest absolute Gasteiger partial charge is 0.587 e. The minimum Gasteiger partial charge on any atom is -0.395 e. The third kappa shape index (κ3) is 5.88. The first kappa shape index (κ1) is 20.0. The van der Waals surface area contributed by atoms with Crippen LogP contribution < -0.4 is 13.9 Å². The normalized spacial score (nSPS) is 11.0. The number of phosphoric ester groups is 1. The van der Waals surface area contributed by atoms with Crippen LogP contribution in [0.1, 0.15) is 6.92 Å². The Labute approximate surface area is 166 Å². The van der Waals surface area contributed by atoms with Crippen LogP contribution in [0.2, 0.25) is 0 Å². The summed E-state index contributed by atoms with van der Waals surface area (Å²) in [6.07, 6.45) is 0. The van der Waals surface area contributed by atoms with Crippen LogP contribution in [-0.2, 0) is 9.09 Å². The Morgan fingerprint density at radius 2 is 1.21 bits per heavy atom. The molecule has 0 saturated carbocycles. The van der Waals surface area contributed by atoms with Gasteiger partial charge >= 0.3 is 7.82 Å². The minimum absolute atomic E-state index is 0.194. The Hall–Kier alpha value is -2.75. The number of anilines is 1. The van der Waals surface area contributed by atoms with E-state index in [-0.39, 0.29) is 6.61 Å². The highest BCUT2D eigenvalue weighted by Gasteiger charge is 2.31. The molecule has 0 heterocycles. The van der Waals surface area contributed by atoms with Gasteiger partial charge in [0.1, 0.15) is 11.5 Å². The molecule has 0 aliphatic rings. The van der Waals surface area contributed by atoms with Crippen molar-refractivity contribution in [1.82, 2.24) is 0 Å². The van der Waals surface area contributed by atoms with E-state index in [1.807, 2.05) is 42.5 Å². The van der Waals surface area contributed by atoms with E-state index in [9.17, 15) is 4.57 Å². The first-order valence-corrected chi connectivity index (χ1v) is 10.7. The van der Waals surface area contributed by atoms with Crippen molar-refractivity contribution in [2.24, 2.45) is 0 Å². The quantitative estimate of drug-likeness (QED) is 0.405. The van der Waals surface area contributed by atoms with Crippen LogP contribution in [0.4, 0.5) is 5.69 Å². The lowest BCUT2D eigenvalue weighted by atomic mass is 10.3. The molecule has 0 radical (unpaired) electrons. The fraction of sp³-hybridized carbons (Fsp3) is 0.182. The van der Waals surface area contributed by atoms with Crippen molar-refractivity contribution in [3.8, 4) is 11.5 Å². The number of rotatable bonds is 10. The molecule has 0 aliphatic carbocycles. The standard InChI is InChI=1S/C22H24NO4P/c1-2-23(20-12-6-3-7-13-20)18-19-25-28(24,26-21-14-8-4-9-15-21)27-22-16-10-5-11-17-22/h3-17H,2,18-19H2,1H3. The van der Waals surface area contributed by atoms with Crippen LogP contribution in [0.15, 0.2) is 91.0 Å². The third-order valence-electron chi connectivity index (χ3n) is 4.03. The van der Waals surface area contributed by atoms with Crippen molar-refractivity contribution >= 4 is 13.5 Å². The molecule has 6 heteroatoms. The molecule has 0 saturated heterocycles. The Bertz CT molecular complexity index is 829. The number of nitrogens with zero attached hydrogens (tertiary/aromatic N) is 1. The third-order valence-corrected chi connectivity index (χ3v) is 5.40. The number of para-hydroxylation sites is 3. The summed E-state index contributed by atoms with van der Waals surface area (Å²) >= 11 is 0. The summed E-state index contributed by atoms with van der Waals surface area (Å²) in [5.41, 5.74) is 1.08. The number of hydrogen-bond donors (Lipinski definition) is 0. The number of phosphoric acid groups is 1. The molecule has 0 atom stereocenters. The van der Waals surface area contributed by atoms with Crippen molar-refractivity contribution in [1.29, 1.82) is 0 Å². The second-order valence-electron chi connectivity index (χ2n) is 6.00.